The Morgan fingerprint density at radius 3 is 2.64 bits per heavy atom. The van der Waals surface area contributed by atoms with Crippen LogP contribution >= 0.6 is 0 Å². The van der Waals surface area contributed by atoms with Crippen molar-refractivity contribution >= 4 is 5.69 Å². The molecule has 0 aliphatic rings. The third-order valence-corrected chi connectivity index (χ3v) is 2.22. The van der Waals surface area contributed by atoms with Gasteiger partial charge >= 0.3 is 0 Å². The number of nitrogen functional groups attached to an aromatic ring is 1. The topological polar surface area (TPSA) is 38.9 Å². The molecule has 0 bridgehead atoms. The number of hydrogen-bond acceptors (Lipinski definition) is 2. The molecule has 1 aromatic heterocycles. The van der Waals surface area contributed by atoms with E-state index in [0.29, 0.717) is 5.69 Å². The van der Waals surface area contributed by atoms with Crippen molar-refractivity contribution < 1.29 is 0 Å². The van der Waals surface area contributed by atoms with Gasteiger partial charge in [0, 0.05) is 18.0 Å². The molecule has 0 unspecified atom stereocenters. The summed E-state index contributed by atoms with van der Waals surface area (Å²) in [4.78, 5) is 4.08. The zero-order valence-electron chi connectivity index (χ0n) is 8.07. The Morgan fingerprint density at radius 2 is 1.93 bits per heavy atom. The quantitative estimate of drug-likeness (QED) is 0.740. The molecule has 14 heavy (non-hydrogen) atoms. The first kappa shape index (κ1) is 8.75. The minimum atomic E-state index is 0.700. The minimum Gasteiger partial charge on any atom is -0.397 e. The highest BCUT2D eigenvalue weighted by Crippen LogP contribution is 2.23. The van der Waals surface area contributed by atoms with E-state index in [0.717, 1.165) is 5.56 Å². The Balaban J connectivity index is 2.55. The third kappa shape index (κ3) is 1.59. The second-order valence-electron chi connectivity index (χ2n) is 3.32. The van der Waals surface area contributed by atoms with Gasteiger partial charge in [-0.15, -0.1) is 0 Å². The van der Waals surface area contributed by atoms with Crippen LogP contribution in [0.15, 0.2) is 42.7 Å². The van der Waals surface area contributed by atoms with Crippen LogP contribution in [0.2, 0.25) is 0 Å². The van der Waals surface area contributed by atoms with Crippen LogP contribution in [0, 0.1) is 6.92 Å². The van der Waals surface area contributed by atoms with Gasteiger partial charge in [0.25, 0.3) is 0 Å². The number of aromatic nitrogens is 1. The Morgan fingerprint density at radius 1 is 1.14 bits per heavy atom. The molecule has 0 aliphatic heterocycles. The van der Waals surface area contributed by atoms with Crippen molar-refractivity contribution in [2.24, 2.45) is 0 Å². The van der Waals surface area contributed by atoms with Gasteiger partial charge in [0.15, 0.2) is 0 Å². The van der Waals surface area contributed by atoms with Crippen LogP contribution in [0.3, 0.4) is 0 Å². The normalized spacial score (nSPS) is 10.1. The van der Waals surface area contributed by atoms with Crippen LogP contribution in [-0.2, 0) is 0 Å². The summed E-state index contributed by atoms with van der Waals surface area (Å²) >= 11 is 0. The second-order valence-corrected chi connectivity index (χ2v) is 3.32. The van der Waals surface area contributed by atoms with Crippen molar-refractivity contribution in [3.05, 3.63) is 48.3 Å². The van der Waals surface area contributed by atoms with Crippen LogP contribution in [0.4, 0.5) is 5.69 Å². The number of hydrogen-bond donors (Lipinski definition) is 1. The maximum Gasteiger partial charge on any atom is 0.0506 e. The first-order chi connectivity index (χ1) is 6.77. The standard InChI is InChI=1S/C12H12N2/c1-9-4-2-3-5-12(9)10-6-11(13)8-14-7-10/h2-8H,13H2,1H3. The lowest BCUT2D eigenvalue weighted by molar-refractivity contribution is 1.32. The van der Waals surface area contributed by atoms with E-state index < -0.39 is 0 Å². The van der Waals surface area contributed by atoms with Crippen molar-refractivity contribution in [3.63, 3.8) is 0 Å². The lowest BCUT2D eigenvalue weighted by Crippen LogP contribution is -1.88. The number of aryl methyl sites for hydroxylation is 1. The molecule has 0 saturated heterocycles. The largest absolute Gasteiger partial charge is 0.397 e. The monoisotopic (exact) mass is 184 g/mol. The highest BCUT2D eigenvalue weighted by molar-refractivity contribution is 5.68. The fraction of sp³-hybridized carbons (Fsp3) is 0.0833. The van der Waals surface area contributed by atoms with Gasteiger partial charge in [-0.25, -0.2) is 0 Å². The molecule has 2 aromatic rings. The Kier molecular flexibility index (Phi) is 2.19. The Bertz CT molecular complexity index is 450. The molecule has 2 rings (SSSR count). The maximum absolute atomic E-state index is 5.68. The molecule has 1 heterocycles. The van der Waals surface area contributed by atoms with E-state index in [-0.39, 0.29) is 0 Å². The van der Waals surface area contributed by atoms with Gasteiger partial charge in [-0.1, -0.05) is 24.3 Å². The molecule has 0 aliphatic carbocycles. The number of nitrogens with two attached hydrogens (primary N) is 1. The molecular formula is C12H12N2. The Labute approximate surface area is 83.4 Å². The highest BCUT2D eigenvalue weighted by Gasteiger charge is 2.00. The average molecular weight is 184 g/mol. The van der Waals surface area contributed by atoms with E-state index in [4.69, 9.17) is 5.73 Å². The SMILES string of the molecule is Cc1ccccc1-c1cncc(N)c1. The van der Waals surface area contributed by atoms with Gasteiger partial charge in [-0.3, -0.25) is 4.98 Å². The smallest absolute Gasteiger partial charge is 0.0506 e. The van der Waals surface area contributed by atoms with Crippen molar-refractivity contribution in [2.75, 3.05) is 5.73 Å². The summed E-state index contributed by atoms with van der Waals surface area (Å²) in [6, 6.07) is 10.1. The van der Waals surface area contributed by atoms with Gasteiger partial charge < -0.3 is 5.73 Å². The van der Waals surface area contributed by atoms with Crippen molar-refractivity contribution in [1.82, 2.24) is 4.98 Å². The molecule has 1 aromatic carbocycles. The van der Waals surface area contributed by atoms with E-state index in [9.17, 15) is 0 Å². The second kappa shape index (κ2) is 3.50. The number of anilines is 1. The molecule has 2 heteroatoms. The van der Waals surface area contributed by atoms with Gasteiger partial charge in [-0.2, -0.15) is 0 Å². The molecule has 0 radical (unpaired) electrons. The first-order valence-electron chi connectivity index (χ1n) is 4.54. The average Bonchev–Trinajstić information content (AvgIpc) is 2.18. The molecule has 0 atom stereocenters. The summed E-state index contributed by atoms with van der Waals surface area (Å²) in [6.45, 7) is 2.08. The van der Waals surface area contributed by atoms with Crippen molar-refractivity contribution in [1.29, 1.82) is 0 Å². The van der Waals surface area contributed by atoms with Crippen molar-refractivity contribution in [3.8, 4) is 11.1 Å². The molecule has 0 fully saturated rings. The van der Waals surface area contributed by atoms with Crippen LogP contribution in [0.25, 0.3) is 11.1 Å². The minimum absolute atomic E-state index is 0.700. The van der Waals surface area contributed by atoms with Crippen LogP contribution in [-0.4, -0.2) is 4.98 Å². The lowest BCUT2D eigenvalue weighted by atomic mass is 10.0. The van der Waals surface area contributed by atoms with E-state index in [2.05, 4.69) is 24.0 Å². The van der Waals surface area contributed by atoms with Crippen LogP contribution in [0.1, 0.15) is 5.56 Å². The zero-order chi connectivity index (χ0) is 9.97. The summed E-state index contributed by atoms with van der Waals surface area (Å²) in [7, 11) is 0. The van der Waals surface area contributed by atoms with Crippen LogP contribution in [0.5, 0.6) is 0 Å². The van der Waals surface area contributed by atoms with Gasteiger partial charge in [0.1, 0.15) is 0 Å². The van der Waals surface area contributed by atoms with E-state index in [1.807, 2.05) is 24.4 Å². The Hall–Kier alpha value is -1.83. The lowest BCUT2D eigenvalue weighted by Gasteiger charge is -2.05. The molecule has 0 spiro atoms. The van der Waals surface area contributed by atoms with Gasteiger partial charge in [-0.05, 0) is 24.1 Å². The molecule has 70 valence electrons. The number of rotatable bonds is 1. The summed E-state index contributed by atoms with van der Waals surface area (Å²) in [5.74, 6) is 0. The molecule has 0 saturated carbocycles. The fourth-order valence-electron chi connectivity index (χ4n) is 1.50. The number of pyridine rings is 1. The summed E-state index contributed by atoms with van der Waals surface area (Å²) in [6.07, 6.45) is 3.49. The fourth-order valence-corrected chi connectivity index (χ4v) is 1.50. The van der Waals surface area contributed by atoms with E-state index >= 15 is 0 Å². The van der Waals surface area contributed by atoms with Crippen molar-refractivity contribution in [2.45, 2.75) is 6.92 Å². The third-order valence-electron chi connectivity index (χ3n) is 2.22. The number of nitrogens with zero attached hydrogens (tertiary/aromatic N) is 1. The maximum atomic E-state index is 5.68. The first-order valence-corrected chi connectivity index (χ1v) is 4.54. The zero-order valence-corrected chi connectivity index (χ0v) is 8.07. The van der Waals surface area contributed by atoms with Gasteiger partial charge in [0.2, 0.25) is 0 Å². The summed E-state index contributed by atoms with van der Waals surface area (Å²) in [5, 5.41) is 0. The van der Waals surface area contributed by atoms with Gasteiger partial charge in [0.05, 0.1) is 5.69 Å². The molecule has 0 amide bonds. The number of benzene rings is 1. The molecular weight excluding hydrogens is 172 g/mol. The molecule has 2 nitrogen and oxygen atoms in total. The highest BCUT2D eigenvalue weighted by atomic mass is 14.7. The van der Waals surface area contributed by atoms with Crippen LogP contribution < -0.4 is 5.73 Å². The van der Waals surface area contributed by atoms with E-state index in [1.165, 1.54) is 11.1 Å². The van der Waals surface area contributed by atoms with E-state index in [1.54, 1.807) is 6.20 Å². The molecule has 2 N–H and O–H groups in total. The predicted octanol–water partition coefficient (Wildman–Crippen LogP) is 2.64. The predicted molar refractivity (Wildman–Crippen MR) is 58.8 cm³/mol. The summed E-state index contributed by atoms with van der Waals surface area (Å²) in [5.41, 5.74) is 9.88. The summed E-state index contributed by atoms with van der Waals surface area (Å²) < 4.78 is 0.